The molecule has 120 valence electrons. The number of halogens is 1. The molecule has 0 saturated heterocycles. The van der Waals surface area contributed by atoms with Crippen LogP contribution in [0.3, 0.4) is 0 Å². The lowest BCUT2D eigenvalue weighted by Gasteiger charge is -2.09. The van der Waals surface area contributed by atoms with Crippen LogP contribution in [0.2, 0.25) is 0 Å². The highest BCUT2D eigenvalue weighted by Crippen LogP contribution is 2.15. The highest BCUT2D eigenvalue weighted by Gasteiger charge is 2.11. The van der Waals surface area contributed by atoms with Crippen LogP contribution in [0.25, 0.3) is 0 Å². The molecule has 0 aromatic heterocycles. The average Bonchev–Trinajstić information content (AvgIpc) is 2.56. The number of nitrogens with zero attached hydrogens (tertiary/aromatic N) is 1. The van der Waals surface area contributed by atoms with E-state index in [0.29, 0.717) is 12.3 Å². The van der Waals surface area contributed by atoms with Crippen LogP contribution in [0.15, 0.2) is 53.7 Å². The highest BCUT2D eigenvalue weighted by molar-refractivity contribution is 14.1. The second-order valence-corrected chi connectivity index (χ2v) is 5.84. The molecule has 0 radical (unpaired) electrons. The van der Waals surface area contributed by atoms with Crippen molar-refractivity contribution in [2.24, 2.45) is 10.9 Å². The van der Waals surface area contributed by atoms with Crippen LogP contribution in [0.5, 0.6) is 5.75 Å². The number of hydrogen-bond acceptors (Lipinski definition) is 5. The number of benzene rings is 2. The number of amidine groups is 1. The Labute approximate surface area is 147 Å². The van der Waals surface area contributed by atoms with Crippen molar-refractivity contribution in [1.82, 2.24) is 5.32 Å². The molecule has 0 aliphatic heterocycles. The monoisotopic (exact) mass is 425 g/mol. The quantitative estimate of drug-likeness (QED) is 0.231. The number of nitrogens with one attached hydrogen (secondary N) is 1. The molecule has 0 spiro atoms. The zero-order valence-corrected chi connectivity index (χ0v) is 14.4. The largest absolute Gasteiger partial charge is 0.418 e. The zero-order chi connectivity index (χ0) is 16.7. The van der Waals surface area contributed by atoms with Crippen molar-refractivity contribution in [3.05, 3.63) is 63.2 Å². The van der Waals surface area contributed by atoms with Gasteiger partial charge in [-0.3, -0.25) is 5.32 Å². The third-order valence-electron chi connectivity index (χ3n) is 3.02. The Bertz CT molecular complexity index is 705. The van der Waals surface area contributed by atoms with Crippen LogP contribution in [0.4, 0.5) is 4.79 Å². The fraction of sp³-hybridized carbons (Fsp3) is 0.125. The van der Waals surface area contributed by atoms with Gasteiger partial charge in [0.05, 0.1) is 0 Å². The molecular formula is C16H16IN3O3. The highest BCUT2D eigenvalue weighted by atomic mass is 127. The molecule has 4 N–H and O–H groups in total. The molecule has 0 unspecified atom stereocenters. The smallest absolute Gasteiger partial charge is 0.410 e. The van der Waals surface area contributed by atoms with Crippen LogP contribution < -0.4 is 15.8 Å². The van der Waals surface area contributed by atoms with E-state index in [4.69, 9.17) is 15.7 Å². The van der Waals surface area contributed by atoms with Gasteiger partial charge in [-0.05, 0) is 51.9 Å². The van der Waals surface area contributed by atoms with E-state index in [2.05, 4.69) is 33.1 Å². The van der Waals surface area contributed by atoms with Gasteiger partial charge in [0.1, 0.15) is 5.75 Å². The fourth-order valence-electron chi connectivity index (χ4n) is 1.93. The number of ether oxygens (including phenoxy) is 1. The Morgan fingerprint density at radius 1 is 1.26 bits per heavy atom. The molecule has 0 heterocycles. The molecule has 0 aliphatic carbocycles. The molecular weight excluding hydrogens is 409 g/mol. The summed E-state index contributed by atoms with van der Waals surface area (Å²) in [5.41, 5.74) is 7.54. The van der Waals surface area contributed by atoms with Crippen molar-refractivity contribution in [3.8, 4) is 5.75 Å². The van der Waals surface area contributed by atoms with Gasteiger partial charge in [0.15, 0.2) is 5.84 Å². The topological polar surface area (TPSA) is 96.9 Å². The summed E-state index contributed by atoms with van der Waals surface area (Å²) in [6.07, 6.45) is -0.460. The van der Waals surface area contributed by atoms with E-state index >= 15 is 0 Å². The van der Waals surface area contributed by atoms with Gasteiger partial charge in [-0.25, -0.2) is 4.79 Å². The fourth-order valence-corrected chi connectivity index (χ4v) is 2.49. The van der Waals surface area contributed by atoms with Crippen LogP contribution in [0, 0.1) is 3.57 Å². The predicted molar refractivity (Wildman–Crippen MR) is 95.6 cm³/mol. The number of carbonyl (C=O) groups excluding carboxylic acids is 1. The van der Waals surface area contributed by atoms with Crippen LogP contribution in [-0.4, -0.2) is 17.1 Å². The zero-order valence-electron chi connectivity index (χ0n) is 12.2. The van der Waals surface area contributed by atoms with Crippen molar-refractivity contribution < 1.29 is 14.7 Å². The molecule has 0 fully saturated rings. The number of oxime groups is 1. The first-order valence-electron chi connectivity index (χ1n) is 6.84. The van der Waals surface area contributed by atoms with Gasteiger partial charge >= 0.3 is 6.09 Å². The third kappa shape index (κ3) is 5.22. The molecule has 7 heteroatoms. The Morgan fingerprint density at radius 2 is 2.00 bits per heavy atom. The van der Waals surface area contributed by atoms with E-state index in [-0.39, 0.29) is 12.3 Å². The van der Waals surface area contributed by atoms with Gasteiger partial charge in [-0.15, -0.1) is 0 Å². The minimum Gasteiger partial charge on any atom is -0.410 e. The summed E-state index contributed by atoms with van der Waals surface area (Å²) < 4.78 is 6.15. The van der Waals surface area contributed by atoms with Gasteiger partial charge < -0.3 is 15.7 Å². The van der Waals surface area contributed by atoms with Crippen LogP contribution in [-0.2, 0) is 13.0 Å². The lowest BCUT2D eigenvalue weighted by Crippen LogP contribution is -2.34. The summed E-state index contributed by atoms with van der Waals surface area (Å²) >= 11 is 2.20. The van der Waals surface area contributed by atoms with Crippen molar-refractivity contribution >= 4 is 34.5 Å². The molecule has 0 aliphatic rings. The first-order valence-corrected chi connectivity index (χ1v) is 7.92. The van der Waals surface area contributed by atoms with Gasteiger partial charge in [-0.2, -0.15) is 0 Å². The van der Waals surface area contributed by atoms with Crippen LogP contribution in [0.1, 0.15) is 11.1 Å². The lowest BCUT2D eigenvalue weighted by atomic mass is 10.1. The molecule has 2 rings (SSSR count). The molecule has 2 aromatic rings. The molecule has 1 amide bonds. The Kier molecular flexibility index (Phi) is 6.36. The Balaban J connectivity index is 1.99. The number of hydrogen-bond donors (Lipinski definition) is 3. The molecule has 2 aromatic carbocycles. The number of rotatable bonds is 4. The molecule has 6 nitrogen and oxygen atoms in total. The maximum Gasteiger partial charge on any atom is 0.418 e. The number of nitrogens with two attached hydrogens (primary N) is 1. The summed E-state index contributed by atoms with van der Waals surface area (Å²) in [5.74, 6) is 0.497. The first kappa shape index (κ1) is 17.2. The van der Waals surface area contributed by atoms with E-state index in [0.717, 1.165) is 14.7 Å². The minimum absolute atomic E-state index is 0.0927. The lowest BCUT2D eigenvalue weighted by molar-refractivity contribution is 0.205. The summed E-state index contributed by atoms with van der Waals surface area (Å²) in [4.78, 5) is 11.8. The second kappa shape index (κ2) is 8.49. The maximum atomic E-state index is 11.8. The molecule has 0 atom stereocenters. The molecule has 23 heavy (non-hydrogen) atoms. The maximum absolute atomic E-state index is 11.8. The Morgan fingerprint density at radius 3 is 2.65 bits per heavy atom. The normalized spacial score (nSPS) is 11.1. The third-order valence-corrected chi connectivity index (χ3v) is 4.07. The van der Waals surface area contributed by atoms with Crippen molar-refractivity contribution in [3.63, 3.8) is 0 Å². The SMILES string of the molecule is NCc1cc(C/C(=N/O)NC(=O)Oc2ccccc2)ccc1I. The van der Waals surface area contributed by atoms with Gasteiger partial charge in [0.25, 0.3) is 0 Å². The minimum atomic E-state index is -0.714. The standard InChI is InChI=1S/C16H16IN3O3/c17-14-7-6-11(8-12(14)10-18)9-15(20-22)19-16(21)23-13-4-2-1-3-5-13/h1-8,22H,9-10,18H2,(H,19,20,21). The van der Waals surface area contributed by atoms with Crippen molar-refractivity contribution in [2.45, 2.75) is 13.0 Å². The summed E-state index contributed by atoms with van der Waals surface area (Å²) in [6.45, 7) is 0.418. The molecule has 0 bridgehead atoms. The van der Waals surface area contributed by atoms with E-state index in [9.17, 15) is 4.79 Å². The number of para-hydroxylation sites is 1. The van der Waals surface area contributed by atoms with Gasteiger partial charge in [0.2, 0.25) is 0 Å². The summed E-state index contributed by atoms with van der Waals surface area (Å²) in [7, 11) is 0. The summed E-state index contributed by atoms with van der Waals surface area (Å²) in [5, 5.41) is 14.6. The van der Waals surface area contributed by atoms with Crippen LogP contribution >= 0.6 is 22.6 Å². The second-order valence-electron chi connectivity index (χ2n) is 4.68. The van der Waals surface area contributed by atoms with E-state index in [1.165, 1.54) is 0 Å². The van der Waals surface area contributed by atoms with E-state index in [1.807, 2.05) is 24.3 Å². The van der Waals surface area contributed by atoms with Crippen molar-refractivity contribution in [2.75, 3.05) is 0 Å². The summed E-state index contributed by atoms with van der Waals surface area (Å²) in [6, 6.07) is 14.4. The van der Waals surface area contributed by atoms with Gasteiger partial charge in [-0.1, -0.05) is 35.5 Å². The average molecular weight is 425 g/mol. The Hall–Kier alpha value is -2.13. The first-order chi connectivity index (χ1) is 11.1. The number of amides is 1. The van der Waals surface area contributed by atoms with Gasteiger partial charge in [0, 0.05) is 16.5 Å². The molecule has 0 saturated carbocycles. The van der Waals surface area contributed by atoms with E-state index < -0.39 is 6.09 Å². The number of carbonyl (C=O) groups is 1. The van der Waals surface area contributed by atoms with E-state index in [1.54, 1.807) is 24.3 Å². The van der Waals surface area contributed by atoms with Crippen molar-refractivity contribution in [1.29, 1.82) is 0 Å². The predicted octanol–water partition coefficient (Wildman–Crippen LogP) is 2.87.